The first-order chi connectivity index (χ1) is 9.08. The monoisotopic (exact) mass is 279 g/mol. The van der Waals surface area contributed by atoms with Crippen LogP contribution in [0.5, 0.6) is 0 Å². The Bertz CT molecular complexity index is 669. The Morgan fingerprint density at radius 3 is 2.68 bits per heavy atom. The Hall–Kier alpha value is -1.62. The normalized spacial score (nSPS) is 11.1. The van der Waals surface area contributed by atoms with Gasteiger partial charge in [0.15, 0.2) is 0 Å². The third kappa shape index (κ3) is 2.56. The number of hydrogen-bond donors (Lipinski definition) is 1. The second-order valence-electron chi connectivity index (χ2n) is 4.49. The number of thiophene rings is 1. The lowest BCUT2D eigenvalue weighted by Crippen LogP contribution is -2.25. The van der Waals surface area contributed by atoms with Crippen LogP contribution in [-0.2, 0) is 13.0 Å². The molecule has 0 aliphatic rings. The van der Waals surface area contributed by atoms with Gasteiger partial charge in [0.1, 0.15) is 5.69 Å². The number of aryl methyl sites for hydroxylation is 1. The van der Waals surface area contributed by atoms with Crippen molar-refractivity contribution in [2.75, 3.05) is 0 Å². The molecule has 0 radical (unpaired) electrons. The molecule has 0 fully saturated rings. The summed E-state index contributed by atoms with van der Waals surface area (Å²) in [5.41, 5.74) is -0.0882. The van der Waals surface area contributed by atoms with Crippen LogP contribution < -0.4 is 5.56 Å². The number of aromatic nitrogens is 1. The summed E-state index contributed by atoms with van der Waals surface area (Å²) in [6.07, 6.45) is 2.58. The van der Waals surface area contributed by atoms with Crippen molar-refractivity contribution in [3.05, 3.63) is 33.1 Å². The van der Waals surface area contributed by atoms with Crippen molar-refractivity contribution in [3.8, 4) is 0 Å². The molecule has 0 unspecified atom stereocenters. The first-order valence-corrected chi connectivity index (χ1v) is 7.29. The van der Waals surface area contributed by atoms with E-state index in [0.29, 0.717) is 11.9 Å². The summed E-state index contributed by atoms with van der Waals surface area (Å²) in [5.74, 6) is -1.04. The van der Waals surface area contributed by atoms with E-state index in [-0.39, 0.29) is 11.3 Å². The van der Waals surface area contributed by atoms with E-state index in [1.807, 2.05) is 19.9 Å². The molecule has 2 heterocycles. The minimum atomic E-state index is -1.04. The smallest absolute Gasteiger partial charge is 0.352 e. The number of aromatic carboxylic acids is 1. The summed E-state index contributed by atoms with van der Waals surface area (Å²) in [4.78, 5) is 24.8. The van der Waals surface area contributed by atoms with Gasteiger partial charge in [0.25, 0.3) is 5.56 Å². The number of pyridine rings is 1. The number of carboxylic acids is 1. The van der Waals surface area contributed by atoms with Crippen molar-refractivity contribution < 1.29 is 9.90 Å². The molecule has 2 aromatic rings. The Morgan fingerprint density at radius 2 is 2.11 bits per heavy atom. The fourth-order valence-electron chi connectivity index (χ4n) is 2.08. The Morgan fingerprint density at radius 1 is 1.37 bits per heavy atom. The Labute approximate surface area is 115 Å². The molecule has 0 aliphatic carbocycles. The lowest BCUT2D eigenvalue weighted by atomic mass is 10.2. The highest BCUT2D eigenvalue weighted by Gasteiger charge is 2.16. The number of hydrogen-bond acceptors (Lipinski definition) is 3. The average molecular weight is 279 g/mol. The first-order valence-electron chi connectivity index (χ1n) is 6.48. The topological polar surface area (TPSA) is 59.3 Å². The molecular formula is C14H17NO3S. The fourth-order valence-corrected chi connectivity index (χ4v) is 3.11. The Balaban J connectivity index is 2.68. The summed E-state index contributed by atoms with van der Waals surface area (Å²) in [7, 11) is 0. The molecule has 0 saturated heterocycles. The molecule has 102 valence electrons. The molecule has 4 nitrogen and oxygen atoms in total. The molecule has 0 aliphatic heterocycles. The van der Waals surface area contributed by atoms with E-state index in [1.54, 1.807) is 6.07 Å². The van der Waals surface area contributed by atoms with Gasteiger partial charge >= 0.3 is 5.97 Å². The summed E-state index contributed by atoms with van der Waals surface area (Å²) >= 11 is 1.50. The van der Waals surface area contributed by atoms with Gasteiger partial charge in [-0.1, -0.05) is 20.3 Å². The highest BCUT2D eigenvalue weighted by atomic mass is 32.1. The van der Waals surface area contributed by atoms with E-state index in [9.17, 15) is 14.7 Å². The van der Waals surface area contributed by atoms with Crippen LogP contribution in [0, 0.1) is 0 Å². The van der Waals surface area contributed by atoms with Gasteiger partial charge in [0, 0.05) is 16.1 Å². The highest BCUT2D eigenvalue weighted by molar-refractivity contribution is 7.19. The summed E-state index contributed by atoms with van der Waals surface area (Å²) in [6.45, 7) is 4.51. The van der Waals surface area contributed by atoms with Crippen LogP contribution in [0.25, 0.3) is 10.1 Å². The van der Waals surface area contributed by atoms with Gasteiger partial charge in [-0.25, -0.2) is 4.79 Å². The zero-order valence-electron chi connectivity index (χ0n) is 11.1. The summed E-state index contributed by atoms with van der Waals surface area (Å²) < 4.78 is 2.16. The van der Waals surface area contributed by atoms with Gasteiger partial charge in [-0.15, -0.1) is 11.3 Å². The van der Waals surface area contributed by atoms with Gasteiger partial charge in [0.2, 0.25) is 0 Å². The van der Waals surface area contributed by atoms with Gasteiger partial charge in [-0.2, -0.15) is 0 Å². The second kappa shape index (κ2) is 5.57. The van der Waals surface area contributed by atoms with Crippen LogP contribution in [0.15, 0.2) is 16.9 Å². The number of nitrogens with zero attached hydrogens (tertiary/aromatic N) is 1. The molecule has 2 rings (SSSR count). The number of carbonyl (C=O) groups is 1. The molecule has 0 atom stereocenters. The molecular weight excluding hydrogens is 262 g/mol. The van der Waals surface area contributed by atoms with Crippen LogP contribution >= 0.6 is 11.3 Å². The number of fused-ring (bicyclic) bond motifs is 1. The highest BCUT2D eigenvalue weighted by Crippen LogP contribution is 2.24. The summed E-state index contributed by atoms with van der Waals surface area (Å²) in [5, 5.41) is 9.90. The van der Waals surface area contributed by atoms with E-state index in [1.165, 1.54) is 15.9 Å². The van der Waals surface area contributed by atoms with E-state index in [2.05, 4.69) is 0 Å². The van der Waals surface area contributed by atoms with Crippen molar-refractivity contribution >= 4 is 27.4 Å². The van der Waals surface area contributed by atoms with Gasteiger partial charge in [-0.05, 0) is 25.0 Å². The molecule has 0 aromatic carbocycles. The first kappa shape index (κ1) is 13.8. The van der Waals surface area contributed by atoms with E-state index < -0.39 is 5.97 Å². The molecule has 5 heteroatoms. The molecule has 19 heavy (non-hydrogen) atoms. The second-order valence-corrected chi connectivity index (χ2v) is 5.66. The SMILES string of the molecule is CCCCn1c(C(=O)O)cc2sc(CC)cc2c1=O. The fraction of sp³-hybridized carbons (Fsp3) is 0.429. The van der Waals surface area contributed by atoms with E-state index >= 15 is 0 Å². The standard InChI is InChI=1S/C14H17NO3S/c1-3-5-6-15-11(14(17)18)8-12-10(13(15)16)7-9(4-2)19-12/h7-8H,3-6H2,1-2H3,(H,17,18). The number of unbranched alkanes of at least 4 members (excludes halogenated alkanes) is 1. The molecule has 0 saturated carbocycles. The summed E-state index contributed by atoms with van der Waals surface area (Å²) in [6, 6.07) is 3.51. The molecule has 0 bridgehead atoms. The third-order valence-electron chi connectivity index (χ3n) is 3.15. The number of rotatable bonds is 5. The molecule has 0 amide bonds. The Kier molecular flexibility index (Phi) is 4.04. The lowest BCUT2D eigenvalue weighted by molar-refractivity contribution is 0.0683. The predicted molar refractivity (Wildman–Crippen MR) is 77.3 cm³/mol. The third-order valence-corrected chi connectivity index (χ3v) is 4.38. The average Bonchev–Trinajstić information content (AvgIpc) is 2.80. The maximum Gasteiger partial charge on any atom is 0.352 e. The van der Waals surface area contributed by atoms with Gasteiger partial charge in [0.05, 0.1) is 5.39 Å². The molecule has 1 N–H and O–H groups in total. The van der Waals surface area contributed by atoms with Crippen LogP contribution in [0.4, 0.5) is 0 Å². The van der Waals surface area contributed by atoms with Crippen LogP contribution in [-0.4, -0.2) is 15.6 Å². The maximum atomic E-state index is 12.4. The van der Waals surface area contributed by atoms with E-state index in [0.717, 1.165) is 28.8 Å². The van der Waals surface area contributed by atoms with Gasteiger partial charge in [-0.3, -0.25) is 4.79 Å². The molecule has 2 aromatic heterocycles. The van der Waals surface area contributed by atoms with Crippen LogP contribution in [0.1, 0.15) is 42.1 Å². The zero-order chi connectivity index (χ0) is 14.0. The largest absolute Gasteiger partial charge is 0.477 e. The quantitative estimate of drug-likeness (QED) is 0.914. The minimum absolute atomic E-state index is 0.0930. The van der Waals surface area contributed by atoms with Crippen molar-refractivity contribution in [2.45, 2.75) is 39.7 Å². The van der Waals surface area contributed by atoms with E-state index in [4.69, 9.17) is 0 Å². The van der Waals surface area contributed by atoms with Gasteiger partial charge < -0.3 is 9.67 Å². The van der Waals surface area contributed by atoms with Crippen molar-refractivity contribution in [2.24, 2.45) is 0 Å². The molecule has 0 spiro atoms. The zero-order valence-corrected chi connectivity index (χ0v) is 11.9. The lowest BCUT2D eigenvalue weighted by Gasteiger charge is -2.09. The van der Waals surface area contributed by atoms with Crippen LogP contribution in [0.3, 0.4) is 0 Å². The predicted octanol–water partition coefficient (Wildman–Crippen LogP) is 3.12. The van der Waals surface area contributed by atoms with Crippen molar-refractivity contribution in [1.29, 1.82) is 0 Å². The minimum Gasteiger partial charge on any atom is -0.477 e. The van der Waals surface area contributed by atoms with Crippen LogP contribution in [0.2, 0.25) is 0 Å². The number of carboxylic acid groups (broad SMARTS) is 1. The maximum absolute atomic E-state index is 12.4. The van der Waals surface area contributed by atoms with Crippen molar-refractivity contribution in [1.82, 2.24) is 4.57 Å². The van der Waals surface area contributed by atoms with Crippen molar-refractivity contribution in [3.63, 3.8) is 0 Å².